The molecule has 1 N–H and O–H groups in total. The van der Waals surface area contributed by atoms with Gasteiger partial charge in [-0.15, -0.1) is 0 Å². The number of carbonyl (C=O) groups excluding carboxylic acids is 1. The molecule has 29 heavy (non-hydrogen) atoms. The van der Waals surface area contributed by atoms with E-state index < -0.39 is 0 Å². The average Bonchev–Trinajstić information content (AvgIpc) is 2.75. The molecule has 6 heteroatoms. The number of amides is 1. The number of carbonyl (C=O) groups is 1. The van der Waals surface area contributed by atoms with Gasteiger partial charge >= 0.3 is 0 Å². The maximum Gasteiger partial charge on any atom is 0.272 e. The highest BCUT2D eigenvalue weighted by molar-refractivity contribution is 5.93. The molecule has 1 amide bonds. The Morgan fingerprint density at radius 3 is 2.59 bits per heavy atom. The van der Waals surface area contributed by atoms with Crippen LogP contribution < -0.4 is 10.1 Å². The molecule has 0 saturated carbocycles. The molecular weight excluding hydrogens is 364 g/mol. The highest BCUT2D eigenvalue weighted by atomic mass is 16.5. The van der Waals surface area contributed by atoms with E-state index in [1.165, 1.54) is 12.7 Å². The number of nitrogens with one attached hydrogen (secondary N) is 1. The van der Waals surface area contributed by atoms with E-state index >= 15 is 0 Å². The quantitative estimate of drug-likeness (QED) is 0.674. The lowest BCUT2D eigenvalue weighted by atomic mass is 10.00. The second-order valence-corrected chi connectivity index (χ2v) is 7.35. The zero-order valence-corrected chi connectivity index (χ0v) is 16.4. The Kier molecular flexibility index (Phi) is 5.70. The van der Waals surface area contributed by atoms with E-state index in [1.54, 1.807) is 6.07 Å². The normalized spacial score (nSPS) is 16.3. The maximum atomic E-state index is 12.8. The highest BCUT2D eigenvalue weighted by Crippen LogP contribution is 2.24. The first-order valence-electron chi connectivity index (χ1n) is 9.89. The number of hydrogen-bond donors (Lipinski definition) is 1. The zero-order chi connectivity index (χ0) is 20.1. The van der Waals surface area contributed by atoms with Crippen molar-refractivity contribution in [2.45, 2.75) is 19.8 Å². The number of nitrogens with zero attached hydrogens (tertiary/aromatic N) is 3. The van der Waals surface area contributed by atoms with E-state index in [4.69, 9.17) is 4.74 Å². The number of hydrogen-bond acceptors (Lipinski definition) is 5. The third kappa shape index (κ3) is 4.90. The second-order valence-electron chi connectivity index (χ2n) is 7.35. The number of benzene rings is 2. The molecule has 0 radical (unpaired) electrons. The molecule has 2 heterocycles. The van der Waals surface area contributed by atoms with Crippen LogP contribution in [0.2, 0.25) is 0 Å². The Labute approximate surface area is 170 Å². The summed E-state index contributed by atoms with van der Waals surface area (Å²) in [5.74, 6) is 2.63. The molecule has 3 aromatic rings. The van der Waals surface area contributed by atoms with Gasteiger partial charge in [0.25, 0.3) is 5.91 Å². The van der Waals surface area contributed by atoms with Crippen LogP contribution in [-0.4, -0.2) is 33.9 Å². The SMILES string of the molecule is CC1CCCN(C(=O)c2cc(Nc3ccc(Oc4ccccc4)cc3)ncn2)C1. The summed E-state index contributed by atoms with van der Waals surface area (Å²) >= 11 is 0. The molecule has 148 valence electrons. The van der Waals surface area contributed by atoms with E-state index in [-0.39, 0.29) is 5.91 Å². The molecule has 1 fully saturated rings. The van der Waals surface area contributed by atoms with Crippen LogP contribution in [0.1, 0.15) is 30.3 Å². The molecule has 0 aliphatic carbocycles. The van der Waals surface area contributed by atoms with E-state index in [9.17, 15) is 4.79 Å². The first-order chi connectivity index (χ1) is 14.2. The standard InChI is InChI=1S/C23H24N4O2/c1-17-6-5-13-27(15-17)23(28)21-14-22(25-16-24-21)26-18-9-11-20(12-10-18)29-19-7-3-2-4-8-19/h2-4,7-12,14,16-17H,5-6,13,15H2,1H3,(H,24,25,26). The minimum Gasteiger partial charge on any atom is -0.457 e. The molecule has 1 saturated heterocycles. The summed E-state index contributed by atoms with van der Waals surface area (Å²) < 4.78 is 5.81. The van der Waals surface area contributed by atoms with Crippen LogP contribution in [0, 0.1) is 5.92 Å². The predicted molar refractivity (Wildman–Crippen MR) is 113 cm³/mol. The molecule has 1 aromatic heterocycles. The van der Waals surface area contributed by atoms with Crippen molar-refractivity contribution in [3.05, 3.63) is 72.7 Å². The lowest BCUT2D eigenvalue weighted by molar-refractivity contribution is 0.0677. The van der Waals surface area contributed by atoms with Gasteiger partial charge in [0.2, 0.25) is 0 Å². The van der Waals surface area contributed by atoms with Crippen molar-refractivity contribution >= 4 is 17.4 Å². The largest absolute Gasteiger partial charge is 0.457 e. The Bertz CT molecular complexity index is 960. The minimum absolute atomic E-state index is 0.0337. The Morgan fingerprint density at radius 2 is 1.83 bits per heavy atom. The van der Waals surface area contributed by atoms with Gasteiger partial charge in [-0.3, -0.25) is 4.79 Å². The van der Waals surface area contributed by atoms with Crippen LogP contribution in [-0.2, 0) is 0 Å². The van der Waals surface area contributed by atoms with Crippen molar-refractivity contribution in [3.8, 4) is 11.5 Å². The lowest BCUT2D eigenvalue weighted by Gasteiger charge is -2.30. The molecule has 2 aromatic carbocycles. The summed E-state index contributed by atoms with van der Waals surface area (Å²) in [6, 6.07) is 18.9. The van der Waals surface area contributed by atoms with Crippen molar-refractivity contribution in [1.29, 1.82) is 0 Å². The first-order valence-corrected chi connectivity index (χ1v) is 9.89. The summed E-state index contributed by atoms with van der Waals surface area (Å²) in [6.07, 6.45) is 3.64. The van der Waals surface area contributed by atoms with Crippen LogP contribution in [0.25, 0.3) is 0 Å². The molecule has 6 nitrogen and oxygen atoms in total. The fourth-order valence-electron chi connectivity index (χ4n) is 3.46. The number of rotatable bonds is 5. The zero-order valence-electron chi connectivity index (χ0n) is 16.4. The van der Waals surface area contributed by atoms with Crippen molar-refractivity contribution in [2.75, 3.05) is 18.4 Å². The third-order valence-corrected chi connectivity index (χ3v) is 4.94. The summed E-state index contributed by atoms with van der Waals surface area (Å²) in [5.41, 5.74) is 1.27. The minimum atomic E-state index is -0.0337. The molecule has 1 unspecified atom stereocenters. The number of ether oxygens (including phenoxy) is 1. The molecule has 1 atom stereocenters. The summed E-state index contributed by atoms with van der Waals surface area (Å²) in [7, 11) is 0. The number of anilines is 2. The van der Waals surface area contributed by atoms with Gasteiger partial charge < -0.3 is 15.0 Å². The lowest BCUT2D eigenvalue weighted by Crippen LogP contribution is -2.39. The van der Waals surface area contributed by atoms with Crippen LogP contribution in [0.5, 0.6) is 11.5 Å². The van der Waals surface area contributed by atoms with E-state index in [2.05, 4.69) is 22.2 Å². The number of para-hydroxylation sites is 1. The van der Waals surface area contributed by atoms with Crippen molar-refractivity contribution in [3.63, 3.8) is 0 Å². The molecule has 0 spiro atoms. The van der Waals surface area contributed by atoms with Gasteiger partial charge in [-0.25, -0.2) is 9.97 Å². The first kappa shape index (κ1) is 18.9. The number of likely N-dealkylation sites (tertiary alicyclic amines) is 1. The van der Waals surface area contributed by atoms with Crippen molar-refractivity contribution < 1.29 is 9.53 Å². The molecular formula is C23H24N4O2. The van der Waals surface area contributed by atoms with Crippen LogP contribution in [0.15, 0.2) is 67.0 Å². The predicted octanol–water partition coefficient (Wildman–Crippen LogP) is 4.88. The van der Waals surface area contributed by atoms with E-state index in [0.717, 1.165) is 36.7 Å². The van der Waals surface area contributed by atoms with Gasteiger partial charge in [0.05, 0.1) is 0 Å². The molecule has 0 bridgehead atoms. The molecule has 4 rings (SSSR count). The second kappa shape index (κ2) is 8.73. The topological polar surface area (TPSA) is 67.4 Å². The summed E-state index contributed by atoms with van der Waals surface area (Å²) in [6.45, 7) is 3.75. The van der Waals surface area contributed by atoms with Crippen LogP contribution >= 0.6 is 0 Å². The van der Waals surface area contributed by atoms with Gasteiger partial charge in [-0.2, -0.15) is 0 Å². The maximum absolute atomic E-state index is 12.8. The van der Waals surface area contributed by atoms with Crippen molar-refractivity contribution in [2.24, 2.45) is 5.92 Å². The van der Waals surface area contributed by atoms with E-state index in [0.29, 0.717) is 17.4 Å². The van der Waals surface area contributed by atoms with Gasteiger partial charge in [0.1, 0.15) is 29.3 Å². The van der Waals surface area contributed by atoms with Gasteiger partial charge in [-0.05, 0) is 55.2 Å². The van der Waals surface area contributed by atoms with Gasteiger partial charge in [0, 0.05) is 24.8 Å². The third-order valence-electron chi connectivity index (χ3n) is 4.94. The van der Waals surface area contributed by atoms with Crippen LogP contribution in [0.4, 0.5) is 11.5 Å². The Balaban J connectivity index is 1.42. The summed E-state index contributed by atoms with van der Waals surface area (Å²) in [4.78, 5) is 23.1. The fourth-order valence-corrected chi connectivity index (χ4v) is 3.46. The van der Waals surface area contributed by atoms with E-state index in [1.807, 2.05) is 59.5 Å². The van der Waals surface area contributed by atoms with Crippen molar-refractivity contribution in [1.82, 2.24) is 14.9 Å². The van der Waals surface area contributed by atoms with Crippen LogP contribution in [0.3, 0.4) is 0 Å². The van der Waals surface area contributed by atoms with Gasteiger partial charge in [-0.1, -0.05) is 25.1 Å². The summed E-state index contributed by atoms with van der Waals surface area (Å²) in [5, 5.41) is 3.22. The van der Waals surface area contributed by atoms with Gasteiger partial charge in [0.15, 0.2) is 0 Å². The molecule has 1 aliphatic rings. The fraction of sp³-hybridized carbons (Fsp3) is 0.261. The Hall–Kier alpha value is -3.41. The Morgan fingerprint density at radius 1 is 1.07 bits per heavy atom. The molecule has 1 aliphatic heterocycles. The number of aromatic nitrogens is 2. The average molecular weight is 388 g/mol. The highest BCUT2D eigenvalue weighted by Gasteiger charge is 2.23. The number of piperidine rings is 1. The monoisotopic (exact) mass is 388 g/mol. The smallest absolute Gasteiger partial charge is 0.272 e.